The lowest BCUT2D eigenvalue weighted by Crippen LogP contribution is -2.04. The predicted molar refractivity (Wildman–Crippen MR) is 96.0 cm³/mol. The Bertz CT molecular complexity index is 862. The van der Waals surface area contributed by atoms with Gasteiger partial charge in [-0.25, -0.2) is 4.68 Å². The third kappa shape index (κ3) is 2.41. The first-order valence-electron chi connectivity index (χ1n) is 7.52. The van der Waals surface area contributed by atoms with E-state index in [0.717, 1.165) is 35.7 Å². The van der Waals surface area contributed by atoms with Gasteiger partial charge in [-0.3, -0.25) is 0 Å². The summed E-state index contributed by atoms with van der Waals surface area (Å²) in [4.78, 5) is 0. The second-order valence-corrected chi connectivity index (χ2v) is 6.51. The highest BCUT2D eigenvalue weighted by atomic mass is 35.5. The molecule has 1 aromatic heterocycles. The molecule has 1 aliphatic rings. The van der Waals surface area contributed by atoms with E-state index < -0.39 is 0 Å². The van der Waals surface area contributed by atoms with Gasteiger partial charge in [0.15, 0.2) is 0 Å². The highest BCUT2D eigenvalue weighted by Crippen LogP contribution is 2.40. The van der Waals surface area contributed by atoms with Crippen LogP contribution in [0.3, 0.4) is 0 Å². The van der Waals surface area contributed by atoms with Crippen molar-refractivity contribution in [1.82, 2.24) is 9.78 Å². The largest absolute Gasteiger partial charge is 0.369 e. The Morgan fingerprint density at radius 1 is 1.04 bits per heavy atom. The van der Waals surface area contributed by atoms with Crippen LogP contribution in [0.1, 0.15) is 11.1 Å². The number of anilines is 1. The molecule has 2 heterocycles. The van der Waals surface area contributed by atoms with Crippen LogP contribution in [-0.2, 0) is 6.42 Å². The summed E-state index contributed by atoms with van der Waals surface area (Å²) in [6.07, 6.45) is 0.915. The second kappa shape index (κ2) is 5.59. The van der Waals surface area contributed by atoms with E-state index in [2.05, 4.69) is 36.5 Å². The predicted octanol–water partition coefficient (Wildman–Crippen LogP) is 5.12. The topological polar surface area (TPSA) is 29.9 Å². The average molecular weight is 344 g/mol. The van der Waals surface area contributed by atoms with Crippen molar-refractivity contribution < 1.29 is 0 Å². The Balaban J connectivity index is 1.93. The molecule has 1 aliphatic heterocycles. The van der Waals surface area contributed by atoms with E-state index in [9.17, 15) is 0 Å². The number of nitrogens with one attached hydrogen (secondary N) is 1. The van der Waals surface area contributed by atoms with E-state index in [1.807, 2.05) is 22.9 Å². The van der Waals surface area contributed by atoms with Gasteiger partial charge in [0, 0.05) is 17.7 Å². The molecular weight excluding hydrogens is 329 g/mol. The van der Waals surface area contributed by atoms with Crippen LogP contribution in [0.2, 0.25) is 10.0 Å². The fourth-order valence-electron chi connectivity index (χ4n) is 2.97. The Morgan fingerprint density at radius 3 is 2.43 bits per heavy atom. The van der Waals surface area contributed by atoms with Crippen molar-refractivity contribution >= 4 is 29.0 Å². The van der Waals surface area contributed by atoms with Gasteiger partial charge in [-0.15, -0.1) is 0 Å². The Morgan fingerprint density at radius 2 is 1.74 bits per heavy atom. The van der Waals surface area contributed by atoms with Crippen LogP contribution < -0.4 is 5.32 Å². The maximum Gasteiger partial charge on any atom is 0.133 e. The molecule has 23 heavy (non-hydrogen) atoms. The number of rotatable bonds is 2. The molecule has 0 saturated carbocycles. The molecule has 116 valence electrons. The van der Waals surface area contributed by atoms with Crippen molar-refractivity contribution in [2.75, 3.05) is 11.9 Å². The van der Waals surface area contributed by atoms with Crippen LogP contribution in [0, 0.1) is 6.92 Å². The average Bonchev–Trinajstić information content (AvgIpc) is 3.12. The number of fused-ring (bicyclic) bond motifs is 1. The van der Waals surface area contributed by atoms with Crippen LogP contribution >= 0.6 is 23.2 Å². The molecule has 3 nitrogen and oxygen atoms in total. The van der Waals surface area contributed by atoms with Gasteiger partial charge in [-0.05, 0) is 37.6 Å². The van der Waals surface area contributed by atoms with Crippen LogP contribution in [0.4, 0.5) is 5.82 Å². The minimum Gasteiger partial charge on any atom is -0.369 e. The fourth-order valence-corrected chi connectivity index (χ4v) is 3.55. The normalized spacial score (nSPS) is 13.0. The van der Waals surface area contributed by atoms with Crippen LogP contribution in [-0.4, -0.2) is 16.3 Å². The summed E-state index contributed by atoms with van der Waals surface area (Å²) >= 11 is 12.8. The first-order valence-corrected chi connectivity index (χ1v) is 8.28. The van der Waals surface area contributed by atoms with E-state index in [1.165, 1.54) is 11.1 Å². The Labute approximate surface area is 144 Å². The van der Waals surface area contributed by atoms with Gasteiger partial charge in [-0.2, -0.15) is 5.10 Å². The molecule has 0 saturated heterocycles. The number of benzene rings is 2. The van der Waals surface area contributed by atoms with Crippen LogP contribution in [0.25, 0.3) is 16.9 Å². The maximum absolute atomic E-state index is 6.39. The Hall–Kier alpha value is -1.97. The SMILES string of the molecule is Cc1ccc(-n2nc(-c3c(Cl)cccc3Cl)c3c2NCC3)cc1. The number of aromatic nitrogens is 2. The first kappa shape index (κ1) is 14.6. The fraction of sp³-hybridized carbons (Fsp3) is 0.167. The first-order chi connectivity index (χ1) is 11.1. The molecule has 3 aromatic rings. The quantitative estimate of drug-likeness (QED) is 0.699. The smallest absolute Gasteiger partial charge is 0.133 e. The molecule has 0 bridgehead atoms. The van der Waals surface area contributed by atoms with Crippen molar-refractivity contribution in [3.63, 3.8) is 0 Å². The van der Waals surface area contributed by atoms with Gasteiger partial charge in [0.25, 0.3) is 0 Å². The number of halogens is 2. The lowest BCUT2D eigenvalue weighted by Gasteiger charge is -2.07. The monoisotopic (exact) mass is 343 g/mol. The van der Waals surface area contributed by atoms with Crippen molar-refractivity contribution in [3.05, 3.63) is 63.6 Å². The van der Waals surface area contributed by atoms with E-state index in [4.69, 9.17) is 28.3 Å². The molecule has 0 aliphatic carbocycles. The van der Waals surface area contributed by atoms with Gasteiger partial charge < -0.3 is 5.32 Å². The lowest BCUT2D eigenvalue weighted by atomic mass is 10.1. The van der Waals surface area contributed by atoms with Crippen molar-refractivity contribution in [1.29, 1.82) is 0 Å². The van der Waals surface area contributed by atoms with E-state index in [1.54, 1.807) is 0 Å². The van der Waals surface area contributed by atoms with Crippen molar-refractivity contribution in [3.8, 4) is 16.9 Å². The molecule has 4 rings (SSSR count). The molecule has 5 heteroatoms. The zero-order chi connectivity index (χ0) is 16.0. The van der Waals surface area contributed by atoms with E-state index in [-0.39, 0.29) is 0 Å². The summed E-state index contributed by atoms with van der Waals surface area (Å²) in [5.41, 5.74) is 5.08. The molecule has 1 N–H and O–H groups in total. The van der Waals surface area contributed by atoms with Crippen molar-refractivity contribution in [2.45, 2.75) is 13.3 Å². The van der Waals surface area contributed by atoms with Crippen LogP contribution in [0.5, 0.6) is 0 Å². The van der Waals surface area contributed by atoms with Gasteiger partial charge in [0.1, 0.15) is 11.5 Å². The lowest BCUT2D eigenvalue weighted by molar-refractivity contribution is 0.882. The highest BCUT2D eigenvalue weighted by Gasteiger charge is 2.26. The summed E-state index contributed by atoms with van der Waals surface area (Å²) < 4.78 is 1.94. The number of aryl methyl sites for hydroxylation is 1. The van der Waals surface area contributed by atoms with Gasteiger partial charge in [-0.1, -0.05) is 47.0 Å². The summed E-state index contributed by atoms with van der Waals surface area (Å²) in [6.45, 7) is 2.97. The van der Waals surface area contributed by atoms with Crippen molar-refractivity contribution in [2.24, 2.45) is 0 Å². The van der Waals surface area contributed by atoms with Gasteiger partial charge >= 0.3 is 0 Å². The molecule has 0 spiro atoms. The molecule has 0 atom stereocenters. The third-order valence-electron chi connectivity index (χ3n) is 4.13. The van der Waals surface area contributed by atoms with E-state index >= 15 is 0 Å². The summed E-state index contributed by atoms with van der Waals surface area (Å²) in [5.74, 6) is 1.03. The second-order valence-electron chi connectivity index (χ2n) is 5.70. The molecule has 0 unspecified atom stereocenters. The standard InChI is InChI=1S/C18H15Cl2N3/c1-11-5-7-12(8-6-11)23-18-13(9-10-21-18)17(22-23)16-14(19)3-2-4-15(16)20/h2-8,21H,9-10H2,1H3. The van der Waals surface area contributed by atoms with Crippen LogP contribution in [0.15, 0.2) is 42.5 Å². The number of nitrogens with zero attached hydrogens (tertiary/aromatic N) is 2. The van der Waals surface area contributed by atoms with Gasteiger partial charge in [0.2, 0.25) is 0 Å². The highest BCUT2D eigenvalue weighted by molar-refractivity contribution is 6.39. The zero-order valence-electron chi connectivity index (χ0n) is 12.6. The zero-order valence-corrected chi connectivity index (χ0v) is 14.1. The summed E-state index contributed by atoms with van der Waals surface area (Å²) in [5, 5.41) is 9.49. The molecule has 0 radical (unpaired) electrons. The minimum atomic E-state index is 0.626. The summed E-state index contributed by atoms with van der Waals surface area (Å²) in [6, 6.07) is 13.9. The minimum absolute atomic E-state index is 0.626. The van der Waals surface area contributed by atoms with Gasteiger partial charge in [0.05, 0.1) is 15.7 Å². The Kier molecular flexibility index (Phi) is 3.55. The molecule has 0 fully saturated rings. The third-order valence-corrected chi connectivity index (χ3v) is 4.76. The molecule has 0 amide bonds. The summed E-state index contributed by atoms with van der Waals surface area (Å²) in [7, 11) is 0. The molecular formula is C18H15Cl2N3. The van der Waals surface area contributed by atoms with E-state index in [0.29, 0.717) is 10.0 Å². The maximum atomic E-state index is 6.39. The number of hydrogen-bond acceptors (Lipinski definition) is 2. The molecule has 2 aromatic carbocycles. The number of hydrogen-bond donors (Lipinski definition) is 1.